The van der Waals surface area contributed by atoms with Crippen molar-refractivity contribution >= 4 is 109 Å². The van der Waals surface area contributed by atoms with Gasteiger partial charge in [0.05, 0.1) is 60.9 Å². The van der Waals surface area contributed by atoms with Crippen LogP contribution in [0.3, 0.4) is 0 Å². The summed E-state index contributed by atoms with van der Waals surface area (Å²) >= 11 is 0. The van der Waals surface area contributed by atoms with Crippen LogP contribution in [-0.4, -0.2) is 28.2 Å². The quantitative estimate of drug-likeness (QED) is 0.177. The van der Waals surface area contributed by atoms with E-state index in [4.69, 9.17) is 14.4 Å². The van der Waals surface area contributed by atoms with E-state index in [0.717, 1.165) is 105 Å². The maximum atomic E-state index is 7.35. The lowest BCUT2D eigenvalue weighted by Crippen LogP contribution is -2.14. The van der Waals surface area contributed by atoms with Gasteiger partial charge in [-0.05, 0) is 48.5 Å². The van der Waals surface area contributed by atoms with Crippen LogP contribution in [0.25, 0.3) is 132 Å². The van der Waals surface area contributed by atoms with Crippen molar-refractivity contribution in [1.29, 1.82) is 0 Å². The van der Waals surface area contributed by atoms with Gasteiger partial charge in [-0.2, -0.15) is 0 Å². The summed E-state index contributed by atoms with van der Waals surface area (Å²) in [4.78, 5) is 10.1. The molecule has 0 unspecified atom stereocenters. The summed E-state index contributed by atoms with van der Waals surface area (Å²) in [6, 6.07) is 70.2. The standard InChI is InChI=1S/C58H34N6O/c1-9-25-43-35(17-1)36-18-2-10-26-44(36)61(43)53-51-52-58(60-34-33-59-52)65-57(51)56(64-49-31-15-7-23-41(49)42-24-8-16-32-50(42)64)55(63-47-29-13-5-21-39(47)40-22-6-14-30-48(40)63)54(53)62-45-27-11-3-19-37(45)38-20-4-12-28-46(38)62/h1-34H. The molecule has 0 bridgehead atoms. The van der Waals surface area contributed by atoms with Crippen LogP contribution in [0.5, 0.6) is 0 Å². The number of rotatable bonds is 4. The fourth-order valence-electron chi connectivity index (χ4n) is 11.2. The predicted molar refractivity (Wildman–Crippen MR) is 267 cm³/mol. The first-order valence-corrected chi connectivity index (χ1v) is 22.0. The average molecular weight is 831 g/mol. The number of furan rings is 1. The zero-order chi connectivity index (χ0) is 42.3. The Morgan fingerprint density at radius 3 is 0.877 bits per heavy atom. The van der Waals surface area contributed by atoms with Crippen LogP contribution in [0.4, 0.5) is 0 Å². The van der Waals surface area contributed by atoms with Gasteiger partial charge in [0.25, 0.3) is 0 Å². The molecule has 7 nitrogen and oxygen atoms in total. The zero-order valence-electron chi connectivity index (χ0n) is 34.7. The van der Waals surface area contributed by atoms with Crippen molar-refractivity contribution in [2.24, 2.45) is 0 Å². The van der Waals surface area contributed by atoms with E-state index < -0.39 is 0 Å². The number of hydrogen-bond acceptors (Lipinski definition) is 3. The molecule has 0 N–H and O–H groups in total. The molecule has 0 aliphatic rings. The number of benzene rings is 9. The molecule has 0 atom stereocenters. The second-order valence-corrected chi connectivity index (χ2v) is 16.9. The van der Waals surface area contributed by atoms with Gasteiger partial charge in [-0.15, -0.1) is 0 Å². The minimum absolute atomic E-state index is 0.471. The number of nitrogens with zero attached hydrogens (tertiary/aromatic N) is 6. The van der Waals surface area contributed by atoms with E-state index >= 15 is 0 Å². The number of fused-ring (bicyclic) bond motifs is 15. The molecule has 0 saturated heterocycles. The van der Waals surface area contributed by atoms with E-state index in [1.54, 1.807) is 12.4 Å². The molecule has 0 aliphatic carbocycles. The molecule has 6 heterocycles. The molecular weight excluding hydrogens is 797 g/mol. The molecule has 0 amide bonds. The van der Waals surface area contributed by atoms with Gasteiger partial charge < -0.3 is 22.7 Å². The summed E-state index contributed by atoms with van der Waals surface area (Å²) in [7, 11) is 0. The van der Waals surface area contributed by atoms with Crippen molar-refractivity contribution in [3.8, 4) is 22.7 Å². The van der Waals surface area contributed by atoms with E-state index in [1.807, 2.05) is 0 Å². The predicted octanol–water partition coefficient (Wildman–Crippen LogP) is 14.8. The largest absolute Gasteiger partial charge is 0.434 e. The highest BCUT2D eigenvalue weighted by Gasteiger charge is 2.35. The summed E-state index contributed by atoms with van der Waals surface area (Å²) in [6.45, 7) is 0. The van der Waals surface area contributed by atoms with Crippen LogP contribution in [0.15, 0.2) is 211 Å². The van der Waals surface area contributed by atoms with Crippen molar-refractivity contribution in [3.63, 3.8) is 0 Å². The SMILES string of the molecule is c1ccc2c(c1)c1ccccc1n2-c1c(-n2c3ccccc3c3ccccc32)c(-n2c3ccccc3c3ccccc32)c2c(oc3nccnc32)c1-n1c2ccccc2c2ccccc21. The third-order valence-electron chi connectivity index (χ3n) is 13.7. The molecule has 0 fully saturated rings. The lowest BCUT2D eigenvalue weighted by molar-refractivity contribution is 0.650. The van der Waals surface area contributed by atoms with Gasteiger partial charge in [-0.25, -0.2) is 9.97 Å². The number of para-hydroxylation sites is 8. The maximum absolute atomic E-state index is 7.35. The van der Waals surface area contributed by atoms with Crippen LogP contribution in [0.1, 0.15) is 0 Å². The Labute approximate surface area is 369 Å². The van der Waals surface area contributed by atoms with Gasteiger partial charge in [-0.1, -0.05) is 146 Å². The van der Waals surface area contributed by atoms with Crippen molar-refractivity contribution in [3.05, 3.63) is 207 Å². The Morgan fingerprint density at radius 1 is 0.277 bits per heavy atom. The summed E-state index contributed by atoms with van der Waals surface area (Å²) in [5.74, 6) is 0. The lowest BCUT2D eigenvalue weighted by atomic mass is 10.0. The minimum atomic E-state index is 0.471. The second-order valence-electron chi connectivity index (χ2n) is 16.9. The average Bonchev–Trinajstić information content (AvgIpc) is 4.17. The zero-order valence-corrected chi connectivity index (χ0v) is 34.7. The lowest BCUT2D eigenvalue weighted by Gasteiger charge is -2.26. The van der Waals surface area contributed by atoms with E-state index in [2.05, 4.69) is 212 Å². The second kappa shape index (κ2) is 12.8. The summed E-state index contributed by atoms with van der Waals surface area (Å²) in [6.07, 6.45) is 3.51. The van der Waals surface area contributed by atoms with Gasteiger partial charge in [0.2, 0.25) is 5.71 Å². The fourth-order valence-corrected chi connectivity index (χ4v) is 11.2. The molecule has 9 aromatic carbocycles. The van der Waals surface area contributed by atoms with Crippen molar-refractivity contribution in [2.75, 3.05) is 0 Å². The first-order chi connectivity index (χ1) is 32.3. The first-order valence-electron chi connectivity index (χ1n) is 22.0. The molecule has 0 spiro atoms. The number of hydrogen-bond donors (Lipinski definition) is 0. The summed E-state index contributed by atoms with van der Waals surface area (Å²) < 4.78 is 17.2. The third kappa shape index (κ3) is 4.48. The van der Waals surface area contributed by atoms with Crippen LogP contribution < -0.4 is 0 Å². The Balaban J connectivity index is 1.34. The molecule has 0 saturated carbocycles. The van der Waals surface area contributed by atoms with E-state index in [-0.39, 0.29) is 0 Å². The monoisotopic (exact) mass is 830 g/mol. The normalized spacial score (nSPS) is 12.3. The van der Waals surface area contributed by atoms with Gasteiger partial charge >= 0.3 is 0 Å². The van der Waals surface area contributed by atoms with Gasteiger partial charge in [0, 0.05) is 55.5 Å². The highest BCUT2D eigenvalue weighted by Crippen LogP contribution is 2.51. The summed E-state index contributed by atoms with van der Waals surface area (Å²) in [5, 5.41) is 10.2. The molecule has 302 valence electrons. The van der Waals surface area contributed by atoms with Crippen molar-refractivity contribution in [1.82, 2.24) is 28.2 Å². The summed E-state index contributed by atoms with van der Waals surface area (Å²) in [5.41, 5.74) is 14.3. The van der Waals surface area contributed by atoms with Crippen molar-refractivity contribution in [2.45, 2.75) is 0 Å². The minimum Gasteiger partial charge on any atom is -0.434 e. The molecule has 6 aromatic heterocycles. The van der Waals surface area contributed by atoms with Crippen LogP contribution >= 0.6 is 0 Å². The third-order valence-corrected chi connectivity index (χ3v) is 13.7. The van der Waals surface area contributed by atoms with Gasteiger partial charge in [0.15, 0.2) is 5.58 Å². The molecule has 0 aliphatic heterocycles. The molecule has 0 radical (unpaired) electrons. The molecule has 15 aromatic rings. The van der Waals surface area contributed by atoms with Gasteiger partial charge in [-0.3, -0.25) is 0 Å². The van der Waals surface area contributed by atoms with Crippen molar-refractivity contribution < 1.29 is 4.42 Å². The highest BCUT2D eigenvalue weighted by molar-refractivity contribution is 6.22. The highest BCUT2D eigenvalue weighted by atomic mass is 16.3. The van der Waals surface area contributed by atoms with Gasteiger partial charge in [0.1, 0.15) is 16.9 Å². The Kier molecular flexibility index (Phi) is 6.83. The topological polar surface area (TPSA) is 58.6 Å². The first kappa shape index (κ1) is 34.6. The van der Waals surface area contributed by atoms with E-state index in [9.17, 15) is 0 Å². The van der Waals surface area contributed by atoms with Crippen LogP contribution in [0, 0.1) is 0 Å². The van der Waals surface area contributed by atoms with Crippen LogP contribution in [0.2, 0.25) is 0 Å². The van der Waals surface area contributed by atoms with E-state index in [1.165, 1.54) is 10.8 Å². The Bertz CT molecular complexity index is 4290. The Hall–Kier alpha value is -8.94. The smallest absolute Gasteiger partial charge is 0.246 e. The fraction of sp³-hybridized carbons (Fsp3) is 0. The molecular formula is C58H34N6O. The maximum Gasteiger partial charge on any atom is 0.246 e. The van der Waals surface area contributed by atoms with Crippen LogP contribution in [-0.2, 0) is 0 Å². The molecule has 65 heavy (non-hydrogen) atoms. The Morgan fingerprint density at radius 2 is 0.538 bits per heavy atom. The van der Waals surface area contributed by atoms with E-state index in [0.29, 0.717) is 16.8 Å². The molecule has 7 heteroatoms. The molecule has 15 rings (SSSR count). The number of aromatic nitrogens is 6.